The van der Waals surface area contributed by atoms with Crippen molar-refractivity contribution in [1.29, 1.82) is 0 Å². The smallest absolute Gasteiger partial charge is 0.262 e. The first kappa shape index (κ1) is 17.6. The molecule has 4 aromatic carbocycles. The van der Waals surface area contributed by atoms with Gasteiger partial charge < -0.3 is 0 Å². The molecule has 0 bridgehead atoms. The summed E-state index contributed by atoms with van der Waals surface area (Å²) in [4.78, 5) is 2.18. The molecule has 3 nitrogen and oxygen atoms in total. The van der Waals surface area contributed by atoms with Crippen molar-refractivity contribution in [2.24, 2.45) is 0 Å². The van der Waals surface area contributed by atoms with E-state index in [-0.39, 0.29) is 4.90 Å². The largest absolute Gasteiger partial charge is 0.278 e. The van der Waals surface area contributed by atoms with Crippen LogP contribution in [0.3, 0.4) is 0 Å². The van der Waals surface area contributed by atoms with E-state index in [1.165, 1.54) is 11.8 Å². The number of nitrogens with one attached hydrogen (secondary N) is 1. The molecule has 4 rings (SSSR count). The van der Waals surface area contributed by atoms with E-state index in [0.717, 1.165) is 15.2 Å². The lowest BCUT2D eigenvalue weighted by Gasteiger charge is -2.13. The quantitative estimate of drug-likeness (QED) is 0.468. The van der Waals surface area contributed by atoms with E-state index in [9.17, 15) is 8.42 Å². The molecule has 4 aromatic rings. The molecule has 0 saturated heterocycles. The first-order chi connectivity index (χ1) is 13.1. The van der Waals surface area contributed by atoms with Crippen molar-refractivity contribution >= 4 is 38.2 Å². The summed E-state index contributed by atoms with van der Waals surface area (Å²) in [5.74, 6) is 0. The van der Waals surface area contributed by atoms with E-state index in [2.05, 4.69) is 4.72 Å². The van der Waals surface area contributed by atoms with Crippen LogP contribution in [0.5, 0.6) is 0 Å². The molecule has 0 amide bonds. The second-order valence-corrected chi connectivity index (χ2v) is 8.76. The maximum atomic E-state index is 13.1. The van der Waals surface area contributed by atoms with Crippen LogP contribution in [0.4, 0.5) is 5.69 Å². The van der Waals surface area contributed by atoms with Crippen LogP contribution in [-0.4, -0.2) is 8.42 Å². The van der Waals surface area contributed by atoms with Crippen LogP contribution in [0, 0.1) is 0 Å². The standard InChI is InChI=1S/C22H17NO2S2/c24-27(25,22-16-8-10-17-9-4-5-13-19(17)22)23-20-14-6-7-15-21(20)26-18-11-2-1-3-12-18/h1-16,23H. The average Bonchev–Trinajstić information content (AvgIpc) is 2.70. The Balaban J connectivity index is 1.71. The van der Waals surface area contributed by atoms with E-state index in [1.807, 2.05) is 78.9 Å². The average molecular weight is 392 g/mol. The van der Waals surface area contributed by atoms with Gasteiger partial charge in [0, 0.05) is 15.2 Å². The zero-order valence-corrected chi connectivity index (χ0v) is 16.0. The summed E-state index contributed by atoms with van der Waals surface area (Å²) in [5, 5.41) is 1.60. The highest BCUT2D eigenvalue weighted by molar-refractivity contribution is 7.99. The second kappa shape index (κ2) is 7.47. The van der Waals surface area contributed by atoms with Gasteiger partial charge >= 0.3 is 0 Å². The number of benzene rings is 4. The number of hydrogen-bond acceptors (Lipinski definition) is 3. The van der Waals surface area contributed by atoms with Gasteiger partial charge in [-0.3, -0.25) is 4.72 Å². The van der Waals surface area contributed by atoms with Crippen molar-refractivity contribution in [2.45, 2.75) is 14.7 Å². The molecule has 0 saturated carbocycles. The molecule has 0 atom stereocenters. The summed E-state index contributed by atoms with van der Waals surface area (Å²) >= 11 is 1.53. The van der Waals surface area contributed by atoms with Crippen LogP contribution >= 0.6 is 11.8 Å². The Hall–Kier alpha value is -2.76. The van der Waals surface area contributed by atoms with Crippen molar-refractivity contribution < 1.29 is 8.42 Å². The van der Waals surface area contributed by atoms with E-state index in [1.54, 1.807) is 18.2 Å². The van der Waals surface area contributed by atoms with Gasteiger partial charge in [0.25, 0.3) is 10.0 Å². The van der Waals surface area contributed by atoms with Gasteiger partial charge in [0.1, 0.15) is 0 Å². The zero-order chi connectivity index (χ0) is 18.7. The van der Waals surface area contributed by atoms with Crippen LogP contribution < -0.4 is 4.72 Å². The molecule has 5 heteroatoms. The summed E-state index contributed by atoms with van der Waals surface area (Å²) < 4.78 is 29.0. The predicted molar refractivity (Wildman–Crippen MR) is 112 cm³/mol. The van der Waals surface area contributed by atoms with Gasteiger partial charge in [-0.25, -0.2) is 8.42 Å². The Morgan fingerprint density at radius 2 is 1.33 bits per heavy atom. The zero-order valence-electron chi connectivity index (χ0n) is 14.4. The van der Waals surface area contributed by atoms with Crippen LogP contribution in [0.15, 0.2) is 112 Å². The highest BCUT2D eigenvalue weighted by atomic mass is 32.2. The third kappa shape index (κ3) is 3.84. The van der Waals surface area contributed by atoms with Crippen LogP contribution in [0.2, 0.25) is 0 Å². The lowest BCUT2D eigenvalue weighted by atomic mass is 10.1. The minimum Gasteiger partial charge on any atom is -0.278 e. The third-order valence-electron chi connectivity index (χ3n) is 4.14. The maximum absolute atomic E-state index is 13.1. The molecule has 1 N–H and O–H groups in total. The van der Waals surface area contributed by atoms with Crippen LogP contribution in [0.25, 0.3) is 10.8 Å². The summed E-state index contributed by atoms with van der Waals surface area (Å²) in [6.45, 7) is 0. The van der Waals surface area contributed by atoms with Gasteiger partial charge in [0.05, 0.1) is 10.6 Å². The van der Waals surface area contributed by atoms with Gasteiger partial charge in [-0.15, -0.1) is 0 Å². The molecule has 134 valence electrons. The number of para-hydroxylation sites is 1. The number of fused-ring (bicyclic) bond motifs is 1. The molecule has 0 radical (unpaired) electrons. The maximum Gasteiger partial charge on any atom is 0.262 e. The Labute approximate surface area is 163 Å². The number of anilines is 1. The van der Waals surface area contributed by atoms with Crippen molar-refractivity contribution in [2.75, 3.05) is 4.72 Å². The lowest BCUT2D eigenvalue weighted by molar-refractivity contribution is 0.602. The van der Waals surface area contributed by atoms with Gasteiger partial charge in [-0.1, -0.05) is 78.5 Å². The molecular formula is C22H17NO2S2. The third-order valence-corrected chi connectivity index (χ3v) is 6.65. The summed E-state index contributed by atoms with van der Waals surface area (Å²) in [6, 6.07) is 30.1. The molecule has 0 unspecified atom stereocenters. The fraction of sp³-hybridized carbons (Fsp3) is 0. The molecule has 27 heavy (non-hydrogen) atoms. The Morgan fingerprint density at radius 3 is 2.19 bits per heavy atom. The molecule has 0 fully saturated rings. The summed E-state index contributed by atoms with van der Waals surface area (Å²) in [6.07, 6.45) is 0. The minimum atomic E-state index is -3.72. The highest BCUT2D eigenvalue weighted by Crippen LogP contribution is 2.34. The molecule has 0 aliphatic carbocycles. The van der Waals surface area contributed by atoms with Gasteiger partial charge in [-0.2, -0.15) is 0 Å². The van der Waals surface area contributed by atoms with Crippen molar-refractivity contribution in [3.8, 4) is 0 Å². The fourth-order valence-electron chi connectivity index (χ4n) is 2.89. The monoisotopic (exact) mass is 391 g/mol. The predicted octanol–water partition coefficient (Wildman–Crippen LogP) is 5.79. The second-order valence-electron chi connectivity index (χ2n) is 5.99. The van der Waals surface area contributed by atoms with Crippen LogP contribution in [-0.2, 0) is 10.0 Å². The molecule has 0 spiro atoms. The first-order valence-electron chi connectivity index (χ1n) is 8.46. The first-order valence-corrected chi connectivity index (χ1v) is 10.8. The van der Waals surface area contributed by atoms with E-state index < -0.39 is 10.0 Å². The summed E-state index contributed by atoms with van der Waals surface area (Å²) in [7, 11) is -3.72. The molecule has 0 aliphatic heterocycles. The lowest BCUT2D eigenvalue weighted by Crippen LogP contribution is -2.14. The highest BCUT2D eigenvalue weighted by Gasteiger charge is 2.18. The topological polar surface area (TPSA) is 46.2 Å². The fourth-order valence-corrected chi connectivity index (χ4v) is 5.18. The van der Waals surface area contributed by atoms with Crippen molar-refractivity contribution in [3.05, 3.63) is 97.1 Å². The molecule has 0 aromatic heterocycles. The number of sulfonamides is 1. The molecule has 0 aliphatic rings. The Bertz CT molecular complexity index is 1180. The molecular weight excluding hydrogens is 374 g/mol. The van der Waals surface area contributed by atoms with Gasteiger partial charge in [0.2, 0.25) is 0 Å². The SMILES string of the molecule is O=S(=O)(Nc1ccccc1Sc1ccccc1)c1cccc2ccccc12. The molecule has 0 heterocycles. The van der Waals surface area contributed by atoms with E-state index >= 15 is 0 Å². The van der Waals surface area contributed by atoms with Crippen molar-refractivity contribution in [3.63, 3.8) is 0 Å². The van der Waals surface area contributed by atoms with E-state index in [0.29, 0.717) is 11.1 Å². The minimum absolute atomic E-state index is 0.278. The number of rotatable bonds is 5. The van der Waals surface area contributed by atoms with Gasteiger partial charge in [-0.05, 0) is 35.7 Å². The van der Waals surface area contributed by atoms with Crippen molar-refractivity contribution in [1.82, 2.24) is 0 Å². The van der Waals surface area contributed by atoms with Gasteiger partial charge in [0.15, 0.2) is 0 Å². The number of hydrogen-bond donors (Lipinski definition) is 1. The van der Waals surface area contributed by atoms with E-state index in [4.69, 9.17) is 0 Å². The summed E-state index contributed by atoms with van der Waals surface area (Å²) in [5.41, 5.74) is 0.569. The Kier molecular flexibility index (Phi) is 4.88. The normalized spacial score (nSPS) is 11.4. The Morgan fingerprint density at radius 1 is 0.667 bits per heavy atom. The van der Waals surface area contributed by atoms with Crippen LogP contribution in [0.1, 0.15) is 0 Å².